The molecule has 0 saturated heterocycles. The number of thiocarbonyl (C=S) groups is 1. The molecule has 0 saturated carbocycles. The van der Waals surface area contributed by atoms with Gasteiger partial charge in [-0.15, -0.1) is 0 Å². The number of hydrogen-bond donors (Lipinski definition) is 2. The molecule has 1 rings (SSSR count). The molecule has 1 aromatic rings. The lowest BCUT2D eigenvalue weighted by atomic mass is 10.2. The van der Waals surface area contributed by atoms with Crippen LogP contribution >= 0.6 is 35.4 Å². The first-order chi connectivity index (χ1) is 8.50. The smallest absolute Gasteiger partial charge is 0.251 e. The molecule has 0 radical (unpaired) electrons. The van der Waals surface area contributed by atoms with E-state index in [9.17, 15) is 4.79 Å². The van der Waals surface area contributed by atoms with Crippen molar-refractivity contribution in [3.63, 3.8) is 0 Å². The maximum atomic E-state index is 11.7. The maximum Gasteiger partial charge on any atom is 0.251 e. The molecule has 0 fully saturated rings. The monoisotopic (exact) mass is 304 g/mol. The summed E-state index contributed by atoms with van der Waals surface area (Å²) in [5.41, 5.74) is 5.87. The highest BCUT2D eigenvalue weighted by molar-refractivity contribution is 7.80. The lowest BCUT2D eigenvalue weighted by Gasteiger charge is -2.06. The van der Waals surface area contributed by atoms with Crippen LogP contribution in [0.4, 0.5) is 0 Å². The Bertz CT molecular complexity index is 452. The fourth-order valence-electron chi connectivity index (χ4n) is 1.37. The summed E-state index contributed by atoms with van der Waals surface area (Å²) in [6.07, 6.45) is 2.42. The summed E-state index contributed by atoms with van der Waals surface area (Å²) >= 11 is 16.4. The minimum atomic E-state index is -0.163. The minimum absolute atomic E-state index is 0.163. The Morgan fingerprint density at radius 1 is 1.28 bits per heavy atom. The quantitative estimate of drug-likeness (QED) is 0.627. The van der Waals surface area contributed by atoms with Crippen LogP contribution < -0.4 is 11.1 Å². The van der Waals surface area contributed by atoms with Gasteiger partial charge in [-0.05, 0) is 37.5 Å². The lowest BCUT2D eigenvalue weighted by Crippen LogP contribution is -2.24. The molecule has 0 atom stereocenters. The van der Waals surface area contributed by atoms with Gasteiger partial charge in [0.15, 0.2) is 0 Å². The van der Waals surface area contributed by atoms with Gasteiger partial charge in [-0.25, -0.2) is 0 Å². The number of nitrogens with two attached hydrogens (primary N) is 1. The van der Waals surface area contributed by atoms with Crippen molar-refractivity contribution in [1.29, 1.82) is 0 Å². The fraction of sp³-hybridized carbons (Fsp3) is 0.333. The summed E-state index contributed by atoms with van der Waals surface area (Å²) in [5.74, 6) is -0.163. The number of rotatable bonds is 6. The van der Waals surface area contributed by atoms with E-state index in [-0.39, 0.29) is 5.91 Å². The molecule has 98 valence electrons. The highest BCUT2D eigenvalue weighted by Crippen LogP contribution is 2.22. The molecule has 3 nitrogen and oxygen atoms in total. The SMILES string of the molecule is NC(=S)CCCCNC(=O)c1ccc(Cl)c(Cl)c1. The summed E-state index contributed by atoms with van der Waals surface area (Å²) in [6.45, 7) is 0.585. The maximum absolute atomic E-state index is 11.7. The van der Waals surface area contributed by atoms with Gasteiger partial charge in [-0.2, -0.15) is 0 Å². The molecule has 1 aromatic carbocycles. The lowest BCUT2D eigenvalue weighted by molar-refractivity contribution is 0.0953. The standard InChI is InChI=1S/C12H14Cl2N2OS/c13-9-5-4-8(7-10(9)14)12(17)16-6-2-1-3-11(15)18/h4-5,7H,1-3,6H2,(H2,15,18)(H,16,17). The van der Waals surface area contributed by atoms with Gasteiger partial charge in [-0.3, -0.25) is 4.79 Å². The second-order valence-corrected chi connectivity index (χ2v) is 5.15. The third kappa shape index (κ3) is 5.21. The van der Waals surface area contributed by atoms with E-state index in [4.69, 9.17) is 41.2 Å². The number of carbonyl (C=O) groups excluding carboxylic acids is 1. The number of nitrogens with one attached hydrogen (secondary N) is 1. The van der Waals surface area contributed by atoms with Crippen LogP contribution in [0.15, 0.2) is 18.2 Å². The molecule has 18 heavy (non-hydrogen) atoms. The van der Waals surface area contributed by atoms with Crippen LogP contribution in [0.1, 0.15) is 29.6 Å². The second kappa shape index (κ2) is 7.56. The van der Waals surface area contributed by atoms with Gasteiger partial charge < -0.3 is 11.1 Å². The topological polar surface area (TPSA) is 55.1 Å². The Labute approximate surface area is 122 Å². The predicted octanol–water partition coefficient (Wildman–Crippen LogP) is 3.18. The van der Waals surface area contributed by atoms with E-state index < -0.39 is 0 Å². The van der Waals surface area contributed by atoms with Crippen LogP contribution in [-0.2, 0) is 0 Å². The van der Waals surface area contributed by atoms with Crippen LogP contribution in [0.5, 0.6) is 0 Å². The van der Waals surface area contributed by atoms with Crippen LogP contribution in [0.2, 0.25) is 10.0 Å². The molecule has 1 amide bonds. The van der Waals surface area contributed by atoms with E-state index in [0.717, 1.165) is 12.8 Å². The van der Waals surface area contributed by atoms with Crippen molar-refractivity contribution >= 4 is 46.3 Å². The van der Waals surface area contributed by atoms with Gasteiger partial charge in [0.25, 0.3) is 5.91 Å². The first-order valence-corrected chi connectivity index (χ1v) is 6.68. The molecule has 0 unspecified atom stereocenters. The minimum Gasteiger partial charge on any atom is -0.393 e. The molecule has 0 spiro atoms. The number of amides is 1. The third-order valence-corrected chi connectivity index (χ3v) is 3.26. The molecule has 0 aliphatic carbocycles. The molecule has 0 bridgehead atoms. The predicted molar refractivity (Wildman–Crippen MR) is 79.4 cm³/mol. The van der Waals surface area contributed by atoms with Gasteiger partial charge in [0.2, 0.25) is 0 Å². The number of benzene rings is 1. The normalized spacial score (nSPS) is 10.1. The highest BCUT2D eigenvalue weighted by Gasteiger charge is 2.07. The Balaban J connectivity index is 2.36. The fourth-order valence-corrected chi connectivity index (χ4v) is 1.81. The van der Waals surface area contributed by atoms with Crippen molar-refractivity contribution < 1.29 is 4.79 Å². The van der Waals surface area contributed by atoms with Crippen molar-refractivity contribution in [2.75, 3.05) is 6.54 Å². The Kier molecular flexibility index (Phi) is 6.39. The van der Waals surface area contributed by atoms with Crippen molar-refractivity contribution in [2.45, 2.75) is 19.3 Å². The average molecular weight is 305 g/mol. The average Bonchev–Trinajstić information content (AvgIpc) is 2.31. The summed E-state index contributed by atoms with van der Waals surface area (Å²) in [5, 5.41) is 3.60. The van der Waals surface area contributed by atoms with Gasteiger partial charge in [0, 0.05) is 12.1 Å². The van der Waals surface area contributed by atoms with E-state index in [0.29, 0.717) is 33.6 Å². The van der Waals surface area contributed by atoms with Crippen LogP contribution in [-0.4, -0.2) is 17.4 Å². The number of carbonyl (C=O) groups is 1. The van der Waals surface area contributed by atoms with Crippen LogP contribution in [0, 0.1) is 0 Å². The van der Waals surface area contributed by atoms with E-state index in [1.807, 2.05) is 0 Å². The molecule has 6 heteroatoms. The summed E-state index contributed by atoms with van der Waals surface area (Å²) in [4.78, 5) is 12.2. The second-order valence-electron chi connectivity index (χ2n) is 3.81. The van der Waals surface area contributed by atoms with Crippen molar-refractivity contribution in [2.24, 2.45) is 5.73 Å². The van der Waals surface area contributed by atoms with E-state index in [1.54, 1.807) is 18.2 Å². The summed E-state index contributed by atoms with van der Waals surface area (Å²) < 4.78 is 0. The third-order valence-electron chi connectivity index (χ3n) is 2.32. The summed E-state index contributed by atoms with van der Waals surface area (Å²) in [7, 11) is 0. The van der Waals surface area contributed by atoms with Crippen LogP contribution in [0.3, 0.4) is 0 Å². The zero-order valence-electron chi connectivity index (χ0n) is 9.71. The van der Waals surface area contributed by atoms with E-state index in [1.165, 1.54) is 0 Å². The highest BCUT2D eigenvalue weighted by atomic mass is 35.5. The summed E-state index contributed by atoms with van der Waals surface area (Å²) in [6, 6.07) is 4.79. The van der Waals surface area contributed by atoms with E-state index >= 15 is 0 Å². The Morgan fingerprint density at radius 2 is 2.00 bits per heavy atom. The first kappa shape index (κ1) is 15.2. The van der Waals surface area contributed by atoms with Crippen molar-refractivity contribution in [3.05, 3.63) is 33.8 Å². The van der Waals surface area contributed by atoms with Crippen molar-refractivity contribution in [1.82, 2.24) is 5.32 Å². The van der Waals surface area contributed by atoms with Crippen molar-refractivity contribution in [3.8, 4) is 0 Å². The molecular weight excluding hydrogens is 291 g/mol. The van der Waals surface area contributed by atoms with Gasteiger partial charge in [0.1, 0.15) is 0 Å². The zero-order valence-corrected chi connectivity index (χ0v) is 12.0. The Hall–Kier alpha value is -0.840. The molecule has 0 aliphatic rings. The number of unbranched alkanes of at least 4 members (excludes halogenated alkanes) is 1. The molecule has 0 heterocycles. The largest absolute Gasteiger partial charge is 0.393 e. The molecule has 0 aliphatic heterocycles. The van der Waals surface area contributed by atoms with E-state index in [2.05, 4.69) is 5.32 Å². The van der Waals surface area contributed by atoms with Gasteiger partial charge >= 0.3 is 0 Å². The molecule has 0 aromatic heterocycles. The molecular formula is C12H14Cl2N2OS. The zero-order chi connectivity index (χ0) is 13.5. The van der Waals surface area contributed by atoms with Gasteiger partial charge in [0.05, 0.1) is 15.0 Å². The Morgan fingerprint density at radius 3 is 2.61 bits per heavy atom. The number of halogens is 2. The molecule has 3 N–H and O–H groups in total. The van der Waals surface area contributed by atoms with Gasteiger partial charge in [-0.1, -0.05) is 35.4 Å². The number of hydrogen-bond acceptors (Lipinski definition) is 2. The van der Waals surface area contributed by atoms with Crippen LogP contribution in [0.25, 0.3) is 0 Å². The first-order valence-electron chi connectivity index (χ1n) is 5.52.